The number of carbonyl (C=O) groups is 2. The van der Waals surface area contributed by atoms with Crippen molar-refractivity contribution in [2.24, 2.45) is 11.8 Å². The van der Waals surface area contributed by atoms with Crippen molar-refractivity contribution in [1.29, 1.82) is 21.0 Å². The van der Waals surface area contributed by atoms with Crippen molar-refractivity contribution in [3.8, 4) is 131 Å². The number of nitrogens with zero attached hydrogens (tertiary/aromatic N) is 12. The first kappa shape index (κ1) is 91.9. The Morgan fingerprint density at radius 2 is 0.727 bits per heavy atom. The number of ether oxygens (including phenoxy) is 5. The second-order valence-electron chi connectivity index (χ2n) is 36.7. The number of urea groups is 1. The summed E-state index contributed by atoms with van der Waals surface area (Å²) in [6.45, 7) is 26.7. The van der Waals surface area contributed by atoms with Gasteiger partial charge in [0.25, 0.3) is 0 Å². The van der Waals surface area contributed by atoms with Gasteiger partial charge in [0.1, 0.15) is 67.3 Å². The summed E-state index contributed by atoms with van der Waals surface area (Å²) in [6, 6.07) is 60.1. The molecule has 4 aliphatic heterocycles. The molecule has 8 aromatic carbocycles. The lowest BCUT2D eigenvalue weighted by Crippen LogP contribution is -2.46. The molecule has 3 unspecified atom stereocenters. The summed E-state index contributed by atoms with van der Waals surface area (Å²) >= 11 is 6.70. The van der Waals surface area contributed by atoms with Crippen molar-refractivity contribution in [3.05, 3.63) is 237 Å². The molecule has 4 fully saturated rings. The fraction of sp³-hybridized carbons (Fsp3) is 0.389. The third-order valence-corrected chi connectivity index (χ3v) is 30.6. The first-order chi connectivity index (χ1) is 64.2. The minimum absolute atomic E-state index is 0.0107. The summed E-state index contributed by atoms with van der Waals surface area (Å²) in [5.74, 6) is 3.39. The standard InChI is InChI=1S/C31H34N4O4S.2C26H27N3OS.C25H25N3OS/c1-19(2)39-27-10-7-21(16-22(27)17-32)30-33-18-28(40-30)25-6-4-5-24-23(25)8-9-26(24)34-31(37)35-13-11-20(12-14-35)15-29(36)38-3;1-16(2)30-24-10-7-18(11-19(24)12-27)26-28-13-25(31-26)22-6-4-5-21-20(22)8-9-23(21)29-14-17(3)15-29;1-17(2)30-24-11-8-18(14-19(24)15-27)26-28-16-25(31-26)22-7-5-6-21-20(22)9-10-23(21)29-12-3-4-13-29;1-16(2)29-23-10-7-17(13-18(23)14-26)25-27-15-24(30-25)21-6-3-5-20-19(21)8-9-22(20)28-11-4-12-28/h4-7,10,16,18-20,26H,8-9,11-15H2,1-3H3,(H,34,37);4-7,10-11,13,16-17,23H,8-9,14-15H2,1-3H3;5-8,11,14,16-17,23H,3-4,9-10,12-13H2,1-2H3;3,5-7,10,13,15-16,22H,4,8-9,11-12H2,1-2H3/t26-;;;/m0.../s1. The molecule has 4 aromatic heterocycles. The Bertz CT molecular complexity index is 6370. The smallest absolute Gasteiger partial charge is 0.317 e. The Morgan fingerprint density at radius 1 is 0.409 bits per heavy atom. The van der Waals surface area contributed by atoms with Gasteiger partial charge in [0.15, 0.2) is 0 Å². The lowest BCUT2D eigenvalue weighted by atomic mass is 9.94. The molecule has 20 nitrogen and oxygen atoms in total. The first-order valence-electron chi connectivity index (χ1n) is 46.7. The molecule has 0 radical (unpaired) electrons. The minimum atomic E-state index is -0.185. The molecule has 20 rings (SSSR count). The number of fused-ring (bicyclic) bond motifs is 4. The maximum Gasteiger partial charge on any atom is 0.317 e. The zero-order valence-electron chi connectivity index (χ0n) is 76.9. The molecular weight excluding hydrogens is 1720 g/mol. The van der Waals surface area contributed by atoms with Gasteiger partial charge in [-0.3, -0.25) is 19.5 Å². The average molecular weight is 1830 g/mol. The van der Waals surface area contributed by atoms with E-state index in [1.807, 2.05) is 164 Å². The normalized spacial score (nSPS) is 17.9. The number of esters is 1. The molecule has 8 heterocycles. The monoisotopic (exact) mass is 1830 g/mol. The van der Waals surface area contributed by atoms with Gasteiger partial charge in [-0.1, -0.05) is 79.7 Å². The third-order valence-electron chi connectivity index (χ3n) is 26.2. The fourth-order valence-electron chi connectivity index (χ4n) is 19.9. The number of carbonyl (C=O) groups excluding carboxylic acids is 2. The number of methoxy groups -OCH3 is 1. The number of piperidine rings is 1. The largest absolute Gasteiger partial charge is 0.490 e. The van der Waals surface area contributed by atoms with Crippen LogP contribution in [0.1, 0.15) is 217 Å². The molecule has 24 heteroatoms. The van der Waals surface area contributed by atoms with Crippen LogP contribution in [0.5, 0.6) is 23.0 Å². The highest BCUT2D eigenvalue weighted by atomic mass is 32.1. The van der Waals surface area contributed by atoms with Crippen LogP contribution in [0.3, 0.4) is 0 Å². The van der Waals surface area contributed by atoms with Crippen LogP contribution in [-0.4, -0.2) is 135 Å². The van der Waals surface area contributed by atoms with E-state index in [-0.39, 0.29) is 48.4 Å². The van der Waals surface area contributed by atoms with E-state index in [9.17, 15) is 30.6 Å². The van der Waals surface area contributed by atoms with Crippen LogP contribution in [0.25, 0.3) is 84.0 Å². The van der Waals surface area contributed by atoms with Crippen molar-refractivity contribution >= 4 is 57.3 Å². The van der Waals surface area contributed by atoms with E-state index < -0.39 is 0 Å². The first-order valence-corrected chi connectivity index (χ1v) is 49.9. The molecule has 1 N–H and O–H groups in total. The summed E-state index contributed by atoms with van der Waals surface area (Å²) in [6.07, 6.45) is 22.8. The van der Waals surface area contributed by atoms with Crippen LogP contribution in [0, 0.1) is 57.2 Å². The van der Waals surface area contributed by atoms with Crippen molar-refractivity contribution in [2.45, 2.75) is 201 Å². The lowest BCUT2D eigenvalue weighted by Gasteiger charge is -2.42. The van der Waals surface area contributed by atoms with Gasteiger partial charge in [-0.2, -0.15) is 21.0 Å². The van der Waals surface area contributed by atoms with Gasteiger partial charge >= 0.3 is 12.0 Å². The molecule has 8 aliphatic rings. The number of rotatable bonds is 22. The predicted octanol–water partition coefficient (Wildman–Crippen LogP) is 24.2. The summed E-state index contributed by atoms with van der Waals surface area (Å²) in [7, 11) is 1.41. The Morgan fingerprint density at radius 3 is 1.04 bits per heavy atom. The highest BCUT2D eigenvalue weighted by Crippen LogP contribution is 2.50. The van der Waals surface area contributed by atoms with E-state index in [1.165, 1.54) is 155 Å². The molecule has 0 bridgehead atoms. The minimum Gasteiger partial charge on any atom is -0.490 e. The van der Waals surface area contributed by atoms with Crippen LogP contribution < -0.4 is 24.3 Å². The van der Waals surface area contributed by atoms with Gasteiger partial charge in [0, 0.05) is 97.8 Å². The Kier molecular flexibility index (Phi) is 28.9. The van der Waals surface area contributed by atoms with Crippen molar-refractivity contribution in [3.63, 3.8) is 0 Å². The van der Waals surface area contributed by atoms with Crippen molar-refractivity contribution in [2.75, 3.05) is 59.5 Å². The molecule has 2 amide bonds. The van der Waals surface area contributed by atoms with Gasteiger partial charge in [-0.05, 0) is 316 Å². The quantitative estimate of drug-likeness (QED) is 0.0619. The number of hydrogen-bond donors (Lipinski definition) is 1. The van der Waals surface area contributed by atoms with Crippen LogP contribution in [0.2, 0.25) is 0 Å². The summed E-state index contributed by atoms with van der Waals surface area (Å²) in [5, 5.41) is 45.2. The summed E-state index contributed by atoms with van der Waals surface area (Å²) in [5.41, 5.74) is 22.4. The fourth-order valence-corrected chi connectivity index (χ4v) is 23.8. The third kappa shape index (κ3) is 20.5. The number of hydrogen-bond acceptors (Lipinski definition) is 22. The Balaban J connectivity index is 0.000000124. The number of aromatic nitrogens is 4. The topological polar surface area (TPSA) is 252 Å². The van der Waals surface area contributed by atoms with E-state index >= 15 is 0 Å². The Labute approximate surface area is 791 Å². The maximum absolute atomic E-state index is 13.1. The highest BCUT2D eigenvalue weighted by Gasteiger charge is 2.38. The number of thiazole rings is 4. The predicted molar refractivity (Wildman–Crippen MR) is 525 cm³/mol. The summed E-state index contributed by atoms with van der Waals surface area (Å²) < 4.78 is 27.8. The summed E-state index contributed by atoms with van der Waals surface area (Å²) in [4.78, 5) is 57.9. The molecule has 4 saturated heterocycles. The van der Waals surface area contributed by atoms with Crippen LogP contribution in [0.15, 0.2) is 170 Å². The maximum atomic E-state index is 13.1. The molecule has 132 heavy (non-hydrogen) atoms. The van der Waals surface area contributed by atoms with E-state index in [1.54, 1.807) is 45.3 Å². The van der Waals surface area contributed by atoms with Crippen LogP contribution >= 0.6 is 45.3 Å². The van der Waals surface area contributed by atoms with Crippen LogP contribution in [-0.2, 0) is 35.2 Å². The van der Waals surface area contributed by atoms with Gasteiger partial charge in [0.2, 0.25) is 0 Å². The van der Waals surface area contributed by atoms with E-state index in [0.29, 0.717) is 82.9 Å². The molecule has 676 valence electrons. The zero-order valence-corrected chi connectivity index (χ0v) is 80.1. The lowest BCUT2D eigenvalue weighted by molar-refractivity contribution is -0.142. The molecule has 4 atom stereocenters. The molecule has 4 aliphatic carbocycles. The number of amides is 2. The van der Waals surface area contributed by atoms with E-state index in [2.05, 4.69) is 123 Å². The average Bonchev–Trinajstić information content (AvgIpc) is 1.63. The van der Waals surface area contributed by atoms with Crippen molar-refractivity contribution < 1.29 is 33.3 Å². The number of likely N-dealkylation sites (tertiary alicyclic amines) is 4. The zero-order chi connectivity index (χ0) is 91.8. The van der Waals surface area contributed by atoms with E-state index in [4.69, 9.17) is 38.6 Å². The second-order valence-corrected chi connectivity index (χ2v) is 40.8. The van der Waals surface area contributed by atoms with E-state index in [0.717, 1.165) is 109 Å². The highest BCUT2D eigenvalue weighted by molar-refractivity contribution is 7.19. The molecule has 12 aromatic rings. The Hall–Kier alpha value is -11.9. The SMILES string of the molecule is CC(C)Oc1ccc(-c2ncc(-c3cccc4c3CCC4N3CCC3)s2)cc1C#N.CC(C)Oc1ccc(-c2ncc(-c3cccc4c3CCC4N3CCCC3)s2)cc1C#N.CC1CN(C2CCc3c(-c4cnc(-c5ccc(OC(C)C)c(C#N)c5)s4)cccc32)C1.COC(=O)CC1CCN(C(=O)N[C@H]2CCc3c(-c4cnc(-c5ccc(OC(C)C)c(C#N)c5)s4)cccc32)CC1. The van der Waals surface area contributed by atoms with Gasteiger partial charge < -0.3 is 33.9 Å². The molecular formula is C108H113N13O7S4. The van der Waals surface area contributed by atoms with Gasteiger partial charge in [0.05, 0.1) is 79.3 Å². The van der Waals surface area contributed by atoms with Gasteiger partial charge in [-0.25, -0.2) is 24.7 Å². The van der Waals surface area contributed by atoms with Crippen molar-refractivity contribution in [1.82, 2.24) is 44.9 Å². The number of benzene rings is 8. The number of nitrogens with one attached hydrogen (secondary N) is 1. The molecule has 0 saturated carbocycles. The van der Waals surface area contributed by atoms with Crippen LogP contribution in [0.4, 0.5) is 4.79 Å². The second kappa shape index (κ2) is 41.5. The van der Waals surface area contributed by atoms with Gasteiger partial charge in [-0.15, -0.1) is 45.3 Å². The molecule has 0 spiro atoms. The number of nitriles is 4.